The molecule has 1 saturated heterocycles. The molecule has 152 valence electrons. The van der Waals surface area contributed by atoms with Crippen molar-refractivity contribution in [3.8, 4) is 23.0 Å². The van der Waals surface area contributed by atoms with Crippen molar-refractivity contribution in [3.05, 3.63) is 82.9 Å². The van der Waals surface area contributed by atoms with Gasteiger partial charge in [0, 0.05) is 48.2 Å². The Kier molecular flexibility index (Phi) is 7.10. The highest BCUT2D eigenvalue weighted by Crippen LogP contribution is 2.20. The maximum absolute atomic E-state index is 5.95. The van der Waals surface area contributed by atoms with Crippen LogP contribution in [0.2, 0.25) is 5.02 Å². The van der Waals surface area contributed by atoms with E-state index in [-0.39, 0.29) is 0 Å². The van der Waals surface area contributed by atoms with Crippen LogP contribution in [0.15, 0.2) is 60.9 Å². The topological polar surface area (TPSA) is 41.0 Å². The molecule has 0 bridgehead atoms. The molecule has 1 fully saturated rings. The number of benzene rings is 1. The first kappa shape index (κ1) is 20.6. The van der Waals surface area contributed by atoms with Crippen LogP contribution in [-0.4, -0.2) is 41.0 Å². The third-order valence-electron chi connectivity index (χ3n) is 5.21. The maximum Gasteiger partial charge on any atom is 0.113 e. The number of rotatable bonds is 6. The quantitative estimate of drug-likeness (QED) is 0.478. The van der Waals surface area contributed by atoms with Crippen LogP contribution >= 0.6 is 11.6 Å². The average Bonchev–Trinajstić information content (AvgIpc) is 3.31. The molecule has 2 aromatic heterocycles. The zero-order chi connectivity index (χ0) is 20.6. The molecule has 1 aromatic carbocycles. The molecule has 4 rings (SSSR count). The smallest absolute Gasteiger partial charge is 0.113 e. The number of halogens is 1. The van der Waals surface area contributed by atoms with Gasteiger partial charge in [-0.15, -0.1) is 0 Å². The van der Waals surface area contributed by atoms with Crippen LogP contribution in [0.25, 0.3) is 11.1 Å². The number of hydrogen-bond acceptors (Lipinski definition) is 4. The molecule has 3 aromatic rings. The molecule has 0 saturated carbocycles. The summed E-state index contributed by atoms with van der Waals surface area (Å²) in [6.45, 7) is 5.39. The zero-order valence-electron chi connectivity index (χ0n) is 16.9. The van der Waals surface area contributed by atoms with Crippen molar-refractivity contribution in [2.75, 3.05) is 26.2 Å². The molecule has 0 atom stereocenters. The highest BCUT2D eigenvalue weighted by atomic mass is 35.5. The lowest BCUT2D eigenvalue weighted by molar-refractivity contribution is 0.335. The Morgan fingerprint density at radius 3 is 2.37 bits per heavy atom. The number of hydrogen-bond donors (Lipinski definition) is 1. The van der Waals surface area contributed by atoms with Crippen LogP contribution in [0.3, 0.4) is 0 Å². The summed E-state index contributed by atoms with van der Waals surface area (Å²) in [6.07, 6.45) is 6.34. The van der Waals surface area contributed by atoms with E-state index in [9.17, 15) is 0 Å². The molecular formula is C25H25ClN4. The lowest BCUT2D eigenvalue weighted by atomic mass is 10.1. The van der Waals surface area contributed by atoms with Gasteiger partial charge < -0.3 is 10.2 Å². The van der Waals surface area contributed by atoms with E-state index in [0.717, 1.165) is 52.7 Å². The minimum absolute atomic E-state index is 0.728. The maximum atomic E-state index is 5.95. The van der Waals surface area contributed by atoms with Crippen molar-refractivity contribution in [1.82, 2.24) is 20.2 Å². The van der Waals surface area contributed by atoms with E-state index >= 15 is 0 Å². The molecule has 1 aliphatic rings. The normalized spacial score (nSPS) is 13.8. The fraction of sp³-hybridized carbons (Fsp3) is 0.280. The van der Waals surface area contributed by atoms with Crippen molar-refractivity contribution in [2.45, 2.75) is 19.4 Å². The summed E-state index contributed by atoms with van der Waals surface area (Å²) in [5.74, 6) is 6.25. The van der Waals surface area contributed by atoms with Crippen molar-refractivity contribution < 1.29 is 0 Å². The van der Waals surface area contributed by atoms with Gasteiger partial charge in [0.1, 0.15) is 5.69 Å². The molecule has 30 heavy (non-hydrogen) atoms. The Hall–Kier alpha value is -2.71. The standard InChI is InChI=1S/C25H25ClN4/c26-23-8-5-21(6-9-23)22-7-12-24(29-18-22)10-3-20-4-11-25(28-17-20)19-27-13-16-30-14-1-2-15-30/h4-9,11-12,17-18,27H,1-2,13-16,19H2. The van der Waals surface area contributed by atoms with Crippen molar-refractivity contribution in [1.29, 1.82) is 0 Å². The number of nitrogens with zero attached hydrogens (tertiary/aromatic N) is 3. The molecular weight excluding hydrogens is 392 g/mol. The Labute approximate surface area is 183 Å². The second-order valence-electron chi connectivity index (χ2n) is 7.45. The summed E-state index contributed by atoms with van der Waals surface area (Å²) in [7, 11) is 0. The van der Waals surface area contributed by atoms with E-state index in [2.05, 4.69) is 32.0 Å². The average molecular weight is 417 g/mol. The van der Waals surface area contributed by atoms with Gasteiger partial charge in [0.15, 0.2) is 0 Å². The third-order valence-corrected chi connectivity index (χ3v) is 5.46. The lowest BCUT2D eigenvalue weighted by Gasteiger charge is -2.14. The van der Waals surface area contributed by atoms with Gasteiger partial charge in [0.05, 0.1) is 5.69 Å². The minimum Gasteiger partial charge on any atom is -0.310 e. The SMILES string of the molecule is Clc1ccc(-c2ccc(C#Cc3ccc(CNCCN4CCCC4)nc3)nc2)cc1. The molecule has 0 unspecified atom stereocenters. The first-order chi connectivity index (χ1) is 14.8. The summed E-state index contributed by atoms with van der Waals surface area (Å²) in [4.78, 5) is 11.5. The van der Waals surface area contributed by atoms with Gasteiger partial charge in [-0.3, -0.25) is 4.98 Å². The van der Waals surface area contributed by atoms with Gasteiger partial charge in [0.25, 0.3) is 0 Å². The summed E-state index contributed by atoms with van der Waals surface area (Å²) < 4.78 is 0. The van der Waals surface area contributed by atoms with E-state index in [1.54, 1.807) is 0 Å². The van der Waals surface area contributed by atoms with Crippen LogP contribution in [0, 0.1) is 11.8 Å². The highest BCUT2D eigenvalue weighted by molar-refractivity contribution is 6.30. The molecule has 4 nitrogen and oxygen atoms in total. The highest BCUT2D eigenvalue weighted by Gasteiger charge is 2.09. The van der Waals surface area contributed by atoms with Crippen LogP contribution in [0.4, 0.5) is 0 Å². The first-order valence-corrected chi connectivity index (χ1v) is 10.8. The van der Waals surface area contributed by atoms with Gasteiger partial charge in [-0.25, -0.2) is 4.98 Å². The van der Waals surface area contributed by atoms with E-state index in [1.165, 1.54) is 25.9 Å². The van der Waals surface area contributed by atoms with Crippen LogP contribution in [0.1, 0.15) is 29.8 Å². The second-order valence-corrected chi connectivity index (χ2v) is 7.89. The largest absolute Gasteiger partial charge is 0.310 e. The van der Waals surface area contributed by atoms with E-state index in [1.807, 2.05) is 60.9 Å². The molecule has 1 N–H and O–H groups in total. The Morgan fingerprint density at radius 2 is 1.67 bits per heavy atom. The predicted molar refractivity (Wildman–Crippen MR) is 122 cm³/mol. The van der Waals surface area contributed by atoms with Crippen molar-refractivity contribution >= 4 is 11.6 Å². The molecule has 1 aliphatic heterocycles. The summed E-state index contributed by atoms with van der Waals surface area (Å²) in [5.41, 5.74) is 4.79. The van der Waals surface area contributed by atoms with E-state index < -0.39 is 0 Å². The predicted octanol–water partition coefficient (Wildman–Crippen LogP) is 4.38. The lowest BCUT2D eigenvalue weighted by Crippen LogP contribution is -2.29. The summed E-state index contributed by atoms with van der Waals surface area (Å²) >= 11 is 5.95. The number of nitrogens with one attached hydrogen (secondary N) is 1. The third kappa shape index (κ3) is 5.90. The first-order valence-electron chi connectivity index (χ1n) is 10.4. The molecule has 0 radical (unpaired) electrons. The Morgan fingerprint density at radius 1 is 0.867 bits per heavy atom. The molecule has 0 aliphatic carbocycles. The van der Waals surface area contributed by atoms with Gasteiger partial charge in [-0.05, 0) is 67.7 Å². The van der Waals surface area contributed by atoms with Gasteiger partial charge in [0.2, 0.25) is 0 Å². The fourth-order valence-electron chi connectivity index (χ4n) is 3.48. The summed E-state index contributed by atoms with van der Waals surface area (Å²) in [6, 6.07) is 15.7. The van der Waals surface area contributed by atoms with Gasteiger partial charge in [-0.2, -0.15) is 0 Å². The minimum atomic E-state index is 0.728. The number of aromatic nitrogens is 2. The second kappa shape index (κ2) is 10.4. The van der Waals surface area contributed by atoms with E-state index in [4.69, 9.17) is 11.6 Å². The molecule has 5 heteroatoms. The zero-order valence-corrected chi connectivity index (χ0v) is 17.7. The van der Waals surface area contributed by atoms with Crippen LogP contribution < -0.4 is 5.32 Å². The van der Waals surface area contributed by atoms with Crippen LogP contribution in [0.5, 0.6) is 0 Å². The molecule has 3 heterocycles. The number of likely N-dealkylation sites (tertiary alicyclic amines) is 1. The monoisotopic (exact) mass is 416 g/mol. The summed E-state index contributed by atoms with van der Waals surface area (Å²) in [5, 5.41) is 4.20. The molecule has 0 spiro atoms. The van der Waals surface area contributed by atoms with Crippen molar-refractivity contribution in [3.63, 3.8) is 0 Å². The fourth-order valence-corrected chi connectivity index (χ4v) is 3.61. The van der Waals surface area contributed by atoms with Gasteiger partial charge >= 0.3 is 0 Å². The van der Waals surface area contributed by atoms with Crippen molar-refractivity contribution in [2.24, 2.45) is 0 Å². The Bertz CT molecular complexity index is 996. The van der Waals surface area contributed by atoms with Gasteiger partial charge in [-0.1, -0.05) is 35.7 Å². The molecule has 0 amide bonds. The number of pyridine rings is 2. The Balaban J connectivity index is 1.28. The van der Waals surface area contributed by atoms with Crippen LogP contribution in [-0.2, 0) is 6.54 Å². The van der Waals surface area contributed by atoms with E-state index in [0.29, 0.717) is 0 Å².